The first-order chi connectivity index (χ1) is 13.5. The second kappa shape index (κ2) is 14.5. The summed E-state index contributed by atoms with van der Waals surface area (Å²) in [5.41, 5.74) is 3.42. The quantitative estimate of drug-likeness (QED) is 0.238. The van der Waals surface area contributed by atoms with Gasteiger partial charge < -0.3 is 10.4 Å². The lowest BCUT2D eigenvalue weighted by atomic mass is 10.0. The molecular weight excluding hydrogens is 346 g/mol. The minimum absolute atomic E-state index is 0.0793. The molecule has 0 aliphatic heterocycles. The molecule has 28 heavy (non-hydrogen) atoms. The molecule has 2 N–H and O–H groups in total. The Morgan fingerprint density at radius 2 is 1.25 bits per heavy atom. The zero-order valence-corrected chi connectivity index (χ0v) is 18.8. The van der Waals surface area contributed by atoms with Gasteiger partial charge in [0.2, 0.25) is 5.91 Å². The van der Waals surface area contributed by atoms with E-state index in [1.165, 1.54) is 70.6 Å². The third-order valence-electron chi connectivity index (χ3n) is 5.84. The number of phenolic OH excluding ortho intramolecular Hbond substituents is 1. The fraction of sp³-hybridized carbons (Fsp3) is 0.720. The Hall–Kier alpha value is -1.51. The molecule has 0 fully saturated rings. The first kappa shape index (κ1) is 24.5. The number of rotatable bonds is 15. The molecule has 0 aliphatic rings. The maximum atomic E-state index is 12.2. The van der Waals surface area contributed by atoms with E-state index in [4.69, 9.17) is 0 Å². The van der Waals surface area contributed by atoms with Crippen LogP contribution < -0.4 is 5.32 Å². The molecule has 1 aromatic rings. The molecule has 1 amide bonds. The molecule has 1 aromatic carbocycles. The van der Waals surface area contributed by atoms with Crippen LogP contribution in [0.4, 0.5) is 5.69 Å². The molecule has 1 rings (SSSR count). The Labute approximate surface area is 173 Å². The number of carbonyl (C=O) groups is 1. The second-order valence-electron chi connectivity index (χ2n) is 8.38. The van der Waals surface area contributed by atoms with Crippen LogP contribution in [0.2, 0.25) is 0 Å². The molecule has 0 saturated heterocycles. The van der Waals surface area contributed by atoms with Gasteiger partial charge in [-0.05, 0) is 49.9 Å². The van der Waals surface area contributed by atoms with E-state index < -0.39 is 0 Å². The van der Waals surface area contributed by atoms with E-state index in [9.17, 15) is 9.90 Å². The monoisotopic (exact) mass is 389 g/mol. The molecule has 0 aliphatic carbocycles. The normalized spacial score (nSPS) is 11.0. The summed E-state index contributed by atoms with van der Waals surface area (Å²) in [4.78, 5) is 12.2. The Morgan fingerprint density at radius 1 is 0.786 bits per heavy atom. The van der Waals surface area contributed by atoms with E-state index in [1.807, 2.05) is 26.8 Å². The van der Waals surface area contributed by atoms with Gasteiger partial charge in [-0.25, -0.2) is 0 Å². The number of phenols is 1. The molecule has 0 bridgehead atoms. The molecule has 3 heteroatoms. The molecule has 0 saturated carbocycles. The van der Waals surface area contributed by atoms with Gasteiger partial charge in [0.1, 0.15) is 5.75 Å². The number of benzene rings is 1. The molecule has 0 unspecified atom stereocenters. The minimum atomic E-state index is 0.0793. The second-order valence-corrected chi connectivity index (χ2v) is 8.38. The Kier molecular flexibility index (Phi) is 12.7. The lowest BCUT2D eigenvalue weighted by molar-refractivity contribution is -0.116. The molecule has 0 spiro atoms. The molecule has 3 nitrogen and oxygen atoms in total. The first-order valence-corrected chi connectivity index (χ1v) is 11.6. The summed E-state index contributed by atoms with van der Waals surface area (Å²) in [6.45, 7) is 7.96. The van der Waals surface area contributed by atoms with Crippen molar-refractivity contribution in [3.05, 3.63) is 22.8 Å². The van der Waals surface area contributed by atoms with Gasteiger partial charge in [-0.3, -0.25) is 4.79 Å². The van der Waals surface area contributed by atoms with Crippen molar-refractivity contribution in [2.24, 2.45) is 0 Å². The summed E-state index contributed by atoms with van der Waals surface area (Å²) in [5, 5.41) is 13.0. The molecule has 0 aromatic heterocycles. The summed E-state index contributed by atoms with van der Waals surface area (Å²) in [5.74, 6) is 0.405. The van der Waals surface area contributed by atoms with Crippen molar-refractivity contribution in [1.29, 1.82) is 0 Å². The van der Waals surface area contributed by atoms with Gasteiger partial charge >= 0.3 is 0 Å². The zero-order valence-electron chi connectivity index (χ0n) is 18.8. The van der Waals surface area contributed by atoms with Gasteiger partial charge in [0.05, 0.1) is 0 Å². The van der Waals surface area contributed by atoms with E-state index in [0.29, 0.717) is 12.2 Å². The summed E-state index contributed by atoms with van der Waals surface area (Å²) >= 11 is 0. The number of carbonyl (C=O) groups excluding carboxylic acids is 1. The number of anilines is 1. The van der Waals surface area contributed by atoms with Gasteiger partial charge in [0.15, 0.2) is 0 Å². The number of hydrogen-bond acceptors (Lipinski definition) is 2. The number of hydrogen-bond donors (Lipinski definition) is 2. The lowest BCUT2D eigenvalue weighted by Gasteiger charge is -2.14. The van der Waals surface area contributed by atoms with Crippen molar-refractivity contribution in [2.75, 3.05) is 5.32 Å². The third kappa shape index (κ3) is 9.61. The van der Waals surface area contributed by atoms with Crippen LogP contribution in [0.25, 0.3) is 0 Å². The number of aryl methyl sites for hydroxylation is 1. The van der Waals surface area contributed by atoms with Crippen LogP contribution in [0.15, 0.2) is 6.07 Å². The van der Waals surface area contributed by atoms with Crippen molar-refractivity contribution >= 4 is 11.6 Å². The van der Waals surface area contributed by atoms with E-state index in [-0.39, 0.29) is 5.91 Å². The SMILES string of the molecule is CCCCCCCCCCCCCCCC(=O)Nc1cc(C)c(O)c(C)c1C. The largest absolute Gasteiger partial charge is 0.507 e. The van der Waals surface area contributed by atoms with Crippen LogP contribution in [-0.2, 0) is 4.79 Å². The molecule has 0 radical (unpaired) electrons. The predicted molar refractivity (Wildman–Crippen MR) is 121 cm³/mol. The zero-order chi connectivity index (χ0) is 20.8. The summed E-state index contributed by atoms with van der Waals surface area (Å²) in [6, 6.07) is 1.86. The topological polar surface area (TPSA) is 49.3 Å². The number of unbranched alkanes of at least 4 members (excludes halogenated alkanes) is 12. The maximum Gasteiger partial charge on any atom is 0.224 e. The standard InChI is InChI=1S/C25H43NO2/c1-5-6-7-8-9-10-11-12-13-14-15-16-17-18-24(27)26-23-19-20(2)25(28)22(4)21(23)3/h19,28H,5-18H2,1-4H3,(H,26,27). The minimum Gasteiger partial charge on any atom is -0.507 e. The van der Waals surface area contributed by atoms with E-state index >= 15 is 0 Å². The van der Waals surface area contributed by atoms with Crippen LogP contribution in [0, 0.1) is 20.8 Å². The van der Waals surface area contributed by atoms with Crippen molar-refractivity contribution in [1.82, 2.24) is 0 Å². The smallest absolute Gasteiger partial charge is 0.224 e. The van der Waals surface area contributed by atoms with Gasteiger partial charge in [0.25, 0.3) is 0 Å². The highest BCUT2D eigenvalue weighted by Crippen LogP contribution is 2.30. The average Bonchev–Trinajstić information content (AvgIpc) is 2.68. The Morgan fingerprint density at radius 3 is 1.75 bits per heavy atom. The van der Waals surface area contributed by atoms with E-state index in [0.717, 1.165) is 35.2 Å². The van der Waals surface area contributed by atoms with Crippen LogP contribution in [0.1, 0.15) is 114 Å². The summed E-state index contributed by atoms with van der Waals surface area (Å²) < 4.78 is 0. The van der Waals surface area contributed by atoms with Crippen molar-refractivity contribution < 1.29 is 9.90 Å². The number of amides is 1. The highest BCUT2D eigenvalue weighted by molar-refractivity contribution is 5.92. The van der Waals surface area contributed by atoms with E-state index in [2.05, 4.69) is 12.2 Å². The van der Waals surface area contributed by atoms with Crippen LogP contribution in [-0.4, -0.2) is 11.0 Å². The van der Waals surface area contributed by atoms with Crippen molar-refractivity contribution in [3.63, 3.8) is 0 Å². The fourth-order valence-corrected chi connectivity index (χ4v) is 3.71. The average molecular weight is 390 g/mol. The van der Waals surface area contributed by atoms with Crippen molar-refractivity contribution in [3.8, 4) is 5.75 Å². The van der Waals surface area contributed by atoms with E-state index in [1.54, 1.807) is 0 Å². The molecular formula is C25H43NO2. The van der Waals surface area contributed by atoms with Gasteiger partial charge in [-0.1, -0.05) is 84.0 Å². The number of nitrogens with one attached hydrogen (secondary N) is 1. The van der Waals surface area contributed by atoms with Crippen LogP contribution in [0.5, 0.6) is 5.75 Å². The summed E-state index contributed by atoms with van der Waals surface area (Å²) in [6.07, 6.45) is 17.7. The van der Waals surface area contributed by atoms with Crippen molar-refractivity contribution in [2.45, 2.75) is 118 Å². The first-order valence-electron chi connectivity index (χ1n) is 11.6. The Balaban J connectivity index is 2.04. The van der Waals surface area contributed by atoms with Crippen LogP contribution >= 0.6 is 0 Å². The maximum absolute atomic E-state index is 12.2. The molecule has 160 valence electrons. The fourth-order valence-electron chi connectivity index (χ4n) is 3.71. The number of aromatic hydroxyl groups is 1. The molecule has 0 heterocycles. The predicted octanol–water partition coefficient (Wildman–Crippen LogP) is 7.74. The van der Waals surface area contributed by atoms with Gasteiger partial charge in [0, 0.05) is 12.1 Å². The molecule has 0 atom stereocenters. The van der Waals surface area contributed by atoms with Gasteiger partial charge in [-0.2, -0.15) is 0 Å². The lowest BCUT2D eigenvalue weighted by Crippen LogP contribution is -2.12. The third-order valence-corrected chi connectivity index (χ3v) is 5.84. The van der Waals surface area contributed by atoms with Crippen LogP contribution in [0.3, 0.4) is 0 Å². The highest BCUT2D eigenvalue weighted by Gasteiger charge is 2.11. The Bertz CT molecular complexity index is 580. The highest BCUT2D eigenvalue weighted by atomic mass is 16.3. The summed E-state index contributed by atoms with van der Waals surface area (Å²) in [7, 11) is 0. The van der Waals surface area contributed by atoms with Gasteiger partial charge in [-0.15, -0.1) is 0 Å².